The van der Waals surface area contributed by atoms with Crippen LogP contribution in [0.25, 0.3) is 0 Å². The van der Waals surface area contributed by atoms with Crippen LogP contribution in [0, 0.1) is 0 Å². The second kappa shape index (κ2) is 8.05. The fourth-order valence-corrected chi connectivity index (χ4v) is 5.33. The predicted octanol–water partition coefficient (Wildman–Crippen LogP) is 3.35. The highest BCUT2D eigenvalue weighted by molar-refractivity contribution is 6.42. The summed E-state index contributed by atoms with van der Waals surface area (Å²) in [7, 11) is 0. The summed E-state index contributed by atoms with van der Waals surface area (Å²) >= 11 is 12.1. The Balaban J connectivity index is 1.52. The molecule has 26 heavy (non-hydrogen) atoms. The van der Waals surface area contributed by atoms with Crippen LogP contribution in [-0.2, 0) is 11.2 Å². The van der Waals surface area contributed by atoms with Gasteiger partial charge in [-0.25, -0.2) is 0 Å². The van der Waals surface area contributed by atoms with Crippen molar-refractivity contribution in [3.05, 3.63) is 33.8 Å². The Bertz CT molecular complexity index is 660. The minimum atomic E-state index is 0.214. The van der Waals surface area contributed by atoms with Crippen LogP contribution in [0.15, 0.2) is 18.2 Å². The number of likely N-dealkylation sites (tertiary alicyclic amines) is 1. The molecule has 1 aromatic carbocycles. The highest BCUT2D eigenvalue weighted by atomic mass is 35.5. The van der Waals surface area contributed by atoms with E-state index in [2.05, 4.69) is 15.1 Å². The van der Waals surface area contributed by atoms with E-state index in [-0.39, 0.29) is 5.91 Å². The molecule has 1 unspecified atom stereocenters. The molecule has 2 saturated heterocycles. The Hall–Kier alpha value is -0.810. The molecule has 142 valence electrons. The van der Waals surface area contributed by atoms with Crippen LogP contribution in [0.4, 0.5) is 0 Å². The molecule has 0 spiro atoms. The minimum Gasteiger partial charge on any atom is -0.335 e. The highest BCUT2D eigenvalue weighted by Gasteiger charge is 2.44. The molecule has 1 saturated carbocycles. The zero-order valence-electron chi connectivity index (χ0n) is 15.1. The molecule has 2 heterocycles. The first-order valence-corrected chi connectivity index (χ1v) is 10.6. The van der Waals surface area contributed by atoms with Crippen molar-refractivity contribution in [1.29, 1.82) is 0 Å². The molecule has 1 N–H and O–H groups in total. The number of benzene rings is 1. The standard InChI is InChI=1S/C20H27Cl2N3O/c21-15-7-6-14(12-16(15)22)13-19(26)25-11-8-23-17-4-3-5-18(20(17)25)24-9-1-2-10-24/h6-7,12,17-18,20,23H,1-5,8-11,13H2/t17?,18-,20-/m0/s1. The molecule has 1 aliphatic carbocycles. The molecule has 4 rings (SSSR count). The molecule has 6 heteroatoms. The summed E-state index contributed by atoms with van der Waals surface area (Å²) < 4.78 is 0. The number of carbonyl (C=O) groups is 1. The van der Waals surface area contributed by atoms with Crippen LogP contribution in [0.2, 0.25) is 10.0 Å². The maximum Gasteiger partial charge on any atom is 0.227 e. The average Bonchev–Trinajstić information content (AvgIpc) is 3.18. The van der Waals surface area contributed by atoms with E-state index in [1.165, 1.54) is 45.2 Å². The van der Waals surface area contributed by atoms with Crippen LogP contribution in [0.1, 0.15) is 37.7 Å². The molecule has 1 amide bonds. The quantitative estimate of drug-likeness (QED) is 0.851. The van der Waals surface area contributed by atoms with Gasteiger partial charge in [0.25, 0.3) is 0 Å². The highest BCUT2D eigenvalue weighted by Crippen LogP contribution is 2.32. The summed E-state index contributed by atoms with van der Waals surface area (Å²) in [6, 6.07) is 6.74. The van der Waals surface area contributed by atoms with Crippen molar-refractivity contribution in [3.63, 3.8) is 0 Å². The molecule has 1 aromatic rings. The van der Waals surface area contributed by atoms with Crippen LogP contribution < -0.4 is 5.32 Å². The summed E-state index contributed by atoms with van der Waals surface area (Å²) in [6.07, 6.45) is 6.61. The average molecular weight is 396 g/mol. The lowest BCUT2D eigenvalue weighted by Crippen LogP contribution is -2.68. The smallest absolute Gasteiger partial charge is 0.227 e. The minimum absolute atomic E-state index is 0.214. The number of carbonyl (C=O) groups excluding carboxylic acids is 1. The van der Waals surface area contributed by atoms with E-state index < -0.39 is 0 Å². The summed E-state index contributed by atoms with van der Waals surface area (Å²) in [4.78, 5) is 18.0. The molecule has 3 atom stereocenters. The van der Waals surface area contributed by atoms with Gasteiger partial charge in [0.2, 0.25) is 5.91 Å². The number of halogens is 2. The van der Waals surface area contributed by atoms with E-state index in [0.717, 1.165) is 18.7 Å². The first kappa shape index (κ1) is 18.5. The Kier molecular flexibility index (Phi) is 5.75. The van der Waals surface area contributed by atoms with E-state index in [1.807, 2.05) is 12.1 Å². The van der Waals surface area contributed by atoms with Crippen molar-refractivity contribution in [1.82, 2.24) is 15.1 Å². The molecular weight excluding hydrogens is 369 g/mol. The fraction of sp³-hybridized carbons (Fsp3) is 0.650. The number of piperazine rings is 1. The summed E-state index contributed by atoms with van der Waals surface area (Å²) in [5, 5.41) is 4.73. The Morgan fingerprint density at radius 3 is 2.65 bits per heavy atom. The SMILES string of the molecule is O=C(Cc1ccc(Cl)c(Cl)c1)N1CCNC2CCC[C@H](N3CCCC3)[C@H]21. The van der Waals surface area contributed by atoms with Crippen molar-refractivity contribution in [3.8, 4) is 0 Å². The molecule has 3 fully saturated rings. The molecule has 0 radical (unpaired) electrons. The van der Waals surface area contributed by atoms with Gasteiger partial charge in [0.15, 0.2) is 0 Å². The molecule has 0 bridgehead atoms. The predicted molar refractivity (Wildman–Crippen MR) is 106 cm³/mol. The van der Waals surface area contributed by atoms with Gasteiger partial charge in [-0.15, -0.1) is 0 Å². The van der Waals surface area contributed by atoms with E-state index in [4.69, 9.17) is 23.2 Å². The fourth-order valence-electron chi connectivity index (χ4n) is 5.01. The Labute approximate surface area is 165 Å². The lowest BCUT2D eigenvalue weighted by atomic mass is 9.82. The van der Waals surface area contributed by atoms with Crippen LogP contribution in [0.3, 0.4) is 0 Å². The number of rotatable bonds is 3. The van der Waals surface area contributed by atoms with Crippen molar-refractivity contribution >= 4 is 29.1 Å². The van der Waals surface area contributed by atoms with Crippen molar-refractivity contribution in [2.75, 3.05) is 26.2 Å². The summed E-state index contributed by atoms with van der Waals surface area (Å²) in [5.74, 6) is 0.214. The first-order valence-electron chi connectivity index (χ1n) is 9.84. The maximum atomic E-state index is 13.2. The maximum absolute atomic E-state index is 13.2. The van der Waals surface area contributed by atoms with E-state index >= 15 is 0 Å². The molecule has 2 aliphatic heterocycles. The van der Waals surface area contributed by atoms with Gasteiger partial charge in [-0.05, 0) is 56.5 Å². The summed E-state index contributed by atoms with van der Waals surface area (Å²) in [6.45, 7) is 4.05. The third kappa shape index (κ3) is 3.75. The number of hydrogen-bond acceptors (Lipinski definition) is 3. The monoisotopic (exact) mass is 395 g/mol. The van der Waals surface area contributed by atoms with Gasteiger partial charge in [-0.3, -0.25) is 9.69 Å². The van der Waals surface area contributed by atoms with E-state index in [0.29, 0.717) is 34.6 Å². The van der Waals surface area contributed by atoms with E-state index in [9.17, 15) is 4.79 Å². The molecular formula is C20H27Cl2N3O. The van der Waals surface area contributed by atoms with Gasteiger partial charge in [0.1, 0.15) is 0 Å². The van der Waals surface area contributed by atoms with Crippen LogP contribution in [-0.4, -0.2) is 60.0 Å². The molecule has 4 nitrogen and oxygen atoms in total. The zero-order valence-corrected chi connectivity index (χ0v) is 16.6. The first-order chi connectivity index (χ1) is 12.6. The van der Waals surface area contributed by atoms with Gasteiger partial charge < -0.3 is 10.2 Å². The summed E-state index contributed by atoms with van der Waals surface area (Å²) in [5.41, 5.74) is 0.938. The zero-order chi connectivity index (χ0) is 18.1. The number of fused-ring (bicyclic) bond motifs is 1. The Morgan fingerprint density at radius 2 is 1.88 bits per heavy atom. The van der Waals surface area contributed by atoms with Gasteiger partial charge in [-0.1, -0.05) is 35.7 Å². The van der Waals surface area contributed by atoms with Crippen LogP contribution >= 0.6 is 23.2 Å². The van der Waals surface area contributed by atoms with Gasteiger partial charge >= 0.3 is 0 Å². The third-order valence-electron chi connectivity index (χ3n) is 6.21. The Morgan fingerprint density at radius 1 is 1.08 bits per heavy atom. The number of nitrogens with one attached hydrogen (secondary N) is 1. The largest absolute Gasteiger partial charge is 0.335 e. The molecule has 0 aromatic heterocycles. The second-order valence-corrected chi connectivity index (χ2v) is 8.62. The van der Waals surface area contributed by atoms with Gasteiger partial charge in [0, 0.05) is 25.2 Å². The van der Waals surface area contributed by atoms with Crippen molar-refractivity contribution < 1.29 is 4.79 Å². The van der Waals surface area contributed by atoms with Crippen molar-refractivity contribution in [2.45, 2.75) is 56.7 Å². The lowest BCUT2D eigenvalue weighted by Gasteiger charge is -2.51. The van der Waals surface area contributed by atoms with Gasteiger partial charge in [-0.2, -0.15) is 0 Å². The number of amides is 1. The lowest BCUT2D eigenvalue weighted by molar-refractivity contribution is -0.137. The topological polar surface area (TPSA) is 35.6 Å². The van der Waals surface area contributed by atoms with Crippen molar-refractivity contribution in [2.24, 2.45) is 0 Å². The second-order valence-electron chi connectivity index (χ2n) is 7.80. The number of nitrogens with zero attached hydrogens (tertiary/aromatic N) is 2. The van der Waals surface area contributed by atoms with Gasteiger partial charge in [0.05, 0.1) is 22.5 Å². The molecule has 3 aliphatic rings. The van der Waals surface area contributed by atoms with Crippen LogP contribution in [0.5, 0.6) is 0 Å². The normalized spacial score (nSPS) is 29.6. The third-order valence-corrected chi connectivity index (χ3v) is 6.95. The van der Waals surface area contributed by atoms with E-state index in [1.54, 1.807) is 6.07 Å². The number of hydrogen-bond donors (Lipinski definition) is 1.